The maximum Gasteiger partial charge on any atom is 0.212 e. The first-order valence-corrected chi connectivity index (χ1v) is 7.56. The van der Waals surface area contributed by atoms with Gasteiger partial charge in [-0.3, -0.25) is 9.62 Å². The van der Waals surface area contributed by atoms with Gasteiger partial charge >= 0.3 is 0 Å². The molecule has 1 atom stereocenters. The number of nitrogens with one attached hydrogen (secondary N) is 1. The summed E-state index contributed by atoms with van der Waals surface area (Å²) in [5.74, 6) is 0.910. The monoisotopic (exact) mass is 255 g/mol. The van der Waals surface area contributed by atoms with Gasteiger partial charge in [-0.2, -0.15) is 0 Å². The minimum Gasteiger partial charge on any atom is -0.352 e. The minimum absolute atomic E-state index is 0.00437. The molecule has 0 heterocycles. The summed E-state index contributed by atoms with van der Waals surface area (Å²) >= 11 is 0. The summed E-state index contributed by atoms with van der Waals surface area (Å²) in [7, 11) is -1.29. The molecule has 0 aromatic heterocycles. The molecule has 1 N–H and O–H groups in total. The SMILES string of the molecule is CS(=O)C(=N)N=CN(C(C)(C)C)C12CC(C1)C2. The van der Waals surface area contributed by atoms with Crippen LogP contribution in [-0.2, 0) is 10.8 Å². The van der Waals surface area contributed by atoms with Gasteiger partial charge < -0.3 is 4.90 Å². The molecule has 0 radical (unpaired) electrons. The lowest BCUT2D eigenvalue weighted by atomic mass is 9.48. The fourth-order valence-corrected chi connectivity index (χ4v) is 3.11. The molecular formula is C12H21N3OS. The number of nitrogens with zero attached hydrogens (tertiary/aromatic N) is 2. The second kappa shape index (κ2) is 3.90. The molecule has 3 aliphatic carbocycles. The maximum atomic E-state index is 11.1. The molecular weight excluding hydrogens is 234 g/mol. The highest BCUT2D eigenvalue weighted by Gasteiger charge is 2.61. The zero-order valence-corrected chi connectivity index (χ0v) is 11.8. The lowest BCUT2D eigenvalue weighted by molar-refractivity contribution is -0.136. The first-order chi connectivity index (χ1) is 7.74. The van der Waals surface area contributed by atoms with E-state index in [-0.39, 0.29) is 16.2 Å². The summed E-state index contributed by atoms with van der Waals surface area (Å²) < 4.78 is 11.1. The van der Waals surface area contributed by atoms with E-state index in [0.29, 0.717) is 0 Å². The molecule has 0 spiro atoms. The van der Waals surface area contributed by atoms with E-state index in [9.17, 15) is 4.21 Å². The zero-order chi connectivity index (χ0) is 12.8. The lowest BCUT2D eigenvalue weighted by Crippen LogP contribution is -2.71. The van der Waals surface area contributed by atoms with Crippen LogP contribution >= 0.6 is 0 Å². The standard InChI is InChI=1S/C12H21N3OS/c1-11(2,3)15(8-14-10(13)17(4)16)12-5-9(6-12)7-12/h8-9,13H,5-7H2,1-4H3. The van der Waals surface area contributed by atoms with Gasteiger partial charge in [0, 0.05) is 17.3 Å². The first kappa shape index (κ1) is 12.7. The van der Waals surface area contributed by atoms with E-state index < -0.39 is 10.8 Å². The van der Waals surface area contributed by atoms with E-state index in [0.717, 1.165) is 5.92 Å². The number of hydrogen-bond acceptors (Lipinski definition) is 2. The second-order valence-corrected chi connectivity index (χ2v) is 7.54. The van der Waals surface area contributed by atoms with Gasteiger partial charge in [-0.1, -0.05) is 0 Å². The van der Waals surface area contributed by atoms with Crippen molar-refractivity contribution in [1.29, 1.82) is 5.41 Å². The molecule has 3 saturated carbocycles. The van der Waals surface area contributed by atoms with Crippen LogP contribution in [0.15, 0.2) is 4.99 Å². The van der Waals surface area contributed by atoms with Gasteiger partial charge in [0.15, 0.2) is 0 Å². The van der Waals surface area contributed by atoms with Gasteiger partial charge in [-0.15, -0.1) is 0 Å². The predicted octanol–water partition coefficient (Wildman–Crippen LogP) is 1.98. The lowest BCUT2D eigenvalue weighted by Gasteiger charge is -2.68. The van der Waals surface area contributed by atoms with Crippen LogP contribution in [0.25, 0.3) is 0 Å². The van der Waals surface area contributed by atoms with Crippen molar-refractivity contribution in [2.75, 3.05) is 6.26 Å². The molecule has 0 aromatic carbocycles. The third kappa shape index (κ3) is 2.17. The summed E-state index contributed by atoms with van der Waals surface area (Å²) in [5, 5.41) is 7.46. The highest BCUT2D eigenvalue weighted by molar-refractivity contribution is 7.99. The quantitative estimate of drug-likeness (QED) is 0.606. The van der Waals surface area contributed by atoms with Crippen LogP contribution < -0.4 is 0 Å². The Hall–Kier alpha value is -0.710. The Labute approximate surface area is 105 Å². The maximum absolute atomic E-state index is 11.1. The molecule has 0 aromatic rings. The molecule has 0 amide bonds. The second-order valence-electron chi connectivity index (χ2n) is 6.25. The number of aliphatic imine (C=N–C) groups is 1. The molecule has 5 heteroatoms. The van der Waals surface area contributed by atoms with E-state index in [1.807, 2.05) is 0 Å². The molecule has 17 heavy (non-hydrogen) atoms. The third-order valence-corrected chi connectivity index (χ3v) is 4.45. The van der Waals surface area contributed by atoms with Crippen LogP contribution in [0.5, 0.6) is 0 Å². The largest absolute Gasteiger partial charge is 0.352 e. The van der Waals surface area contributed by atoms with Crippen LogP contribution in [0.2, 0.25) is 0 Å². The van der Waals surface area contributed by atoms with E-state index >= 15 is 0 Å². The van der Waals surface area contributed by atoms with E-state index in [1.165, 1.54) is 25.5 Å². The van der Waals surface area contributed by atoms with Crippen LogP contribution in [0.3, 0.4) is 0 Å². The van der Waals surface area contributed by atoms with Gasteiger partial charge in [-0.25, -0.2) is 4.99 Å². The van der Waals surface area contributed by atoms with Crippen molar-refractivity contribution in [3.8, 4) is 0 Å². The zero-order valence-electron chi connectivity index (χ0n) is 11.0. The van der Waals surface area contributed by atoms with Crippen LogP contribution in [-0.4, -0.2) is 37.9 Å². The van der Waals surface area contributed by atoms with Crippen molar-refractivity contribution in [2.45, 2.75) is 51.1 Å². The third-order valence-electron chi connectivity index (χ3n) is 3.80. The van der Waals surface area contributed by atoms with Crippen molar-refractivity contribution in [3.63, 3.8) is 0 Å². The average Bonchev–Trinajstić information content (AvgIpc) is 2.03. The fourth-order valence-electron chi connectivity index (χ4n) is 2.92. The van der Waals surface area contributed by atoms with Gasteiger partial charge in [0.1, 0.15) is 0 Å². The Morgan fingerprint density at radius 3 is 2.29 bits per heavy atom. The summed E-state index contributed by atoms with van der Waals surface area (Å²) in [4.78, 5) is 6.31. The fraction of sp³-hybridized carbons (Fsp3) is 0.833. The first-order valence-electron chi connectivity index (χ1n) is 6.00. The van der Waals surface area contributed by atoms with Crippen molar-refractivity contribution in [3.05, 3.63) is 0 Å². The Balaban J connectivity index is 2.12. The highest BCUT2D eigenvalue weighted by atomic mass is 32.2. The normalized spacial score (nSPS) is 32.8. The van der Waals surface area contributed by atoms with Crippen molar-refractivity contribution >= 4 is 22.3 Å². The molecule has 3 aliphatic rings. The average molecular weight is 255 g/mol. The Morgan fingerprint density at radius 1 is 1.47 bits per heavy atom. The Bertz CT molecular complexity index is 380. The van der Waals surface area contributed by atoms with Crippen molar-refractivity contribution in [1.82, 2.24) is 4.90 Å². The topological polar surface area (TPSA) is 56.5 Å². The summed E-state index contributed by atoms with van der Waals surface area (Å²) in [6, 6.07) is 0. The van der Waals surface area contributed by atoms with Crippen LogP contribution in [0, 0.1) is 11.3 Å². The summed E-state index contributed by atoms with van der Waals surface area (Å²) in [5.41, 5.74) is 0.284. The number of rotatable bonds is 2. The Morgan fingerprint density at radius 2 is 2.00 bits per heavy atom. The minimum atomic E-state index is -1.29. The van der Waals surface area contributed by atoms with Crippen LogP contribution in [0.1, 0.15) is 40.0 Å². The highest BCUT2D eigenvalue weighted by Crippen LogP contribution is 2.61. The van der Waals surface area contributed by atoms with Crippen LogP contribution in [0.4, 0.5) is 0 Å². The number of amidine groups is 1. The van der Waals surface area contributed by atoms with E-state index in [1.54, 1.807) is 6.34 Å². The Kier molecular flexibility index (Phi) is 2.92. The van der Waals surface area contributed by atoms with Crippen molar-refractivity contribution < 1.29 is 4.21 Å². The molecule has 96 valence electrons. The van der Waals surface area contributed by atoms with E-state index in [4.69, 9.17) is 5.41 Å². The molecule has 3 fully saturated rings. The van der Waals surface area contributed by atoms with Crippen molar-refractivity contribution in [2.24, 2.45) is 10.9 Å². The van der Waals surface area contributed by atoms with Gasteiger partial charge in [0.25, 0.3) is 0 Å². The van der Waals surface area contributed by atoms with Gasteiger partial charge in [0.05, 0.1) is 17.1 Å². The summed E-state index contributed by atoms with van der Waals surface area (Å²) in [6.45, 7) is 6.48. The van der Waals surface area contributed by atoms with Gasteiger partial charge in [-0.05, 0) is 46.0 Å². The molecule has 0 aliphatic heterocycles. The molecule has 3 rings (SSSR count). The smallest absolute Gasteiger partial charge is 0.212 e. The van der Waals surface area contributed by atoms with Gasteiger partial charge in [0.2, 0.25) is 5.17 Å². The molecule has 4 nitrogen and oxygen atoms in total. The molecule has 0 saturated heterocycles. The molecule has 2 bridgehead atoms. The number of hydrogen-bond donors (Lipinski definition) is 1. The van der Waals surface area contributed by atoms with E-state index in [2.05, 4.69) is 30.7 Å². The summed E-state index contributed by atoms with van der Waals surface area (Å²) in [6.07, 6.45) is 6.97. The molecule has 1 unspecified atom stereocenters. The predicted molar refractivity (Wildman–Crippen MR) is 71.9 cm³/mol.